The Morgan fingerprint density at radius 2 is 0.724 bits per heavy atom. The van der Waals surface area contributed by atoms with Crippen molar-refractivity contribution in [2.75, 3.05) is 0 Å². The van der Waals surface area contributed by atoms with Crippen LogP contribution in [0.15, 0.2) is 168 Å². The van der Waals surface area contributed by atoms with Crippen LogP contribution in [0, 0.1) is 0 Å². The Morgan fingerprint density at radius 1 is 0.408 bits per heavy atom. The topological polar surface area (TPSA) is 65.2 Å². The molecule has 11 rings (SSSR count). The molecule has 4 nitrogen and oxygen atoms in total. The number of nitrogens with zero attached hydrogens (tertiary/aromatic N) is 2. The molecule has 10 aromatic carbocycles. The maximum atomic E-state index is 12.7. The fourth-order valence-corrected chi connectivity index (χ4v) is 19.2. The third-order valence-corrected chi connectivity index (χ3v) is 21.1. The van der Waals surface area contributed by atoms with Gasteiger partial charge in [-0.15, -0.1) is 0 Å². The van der Waals surface area contributed by atoms with Gasteiger partial charge >= 0.3 is 0 Å². The maximum absolute atomic E-state index is 12.7. The molecule has 2 atom stereocenters. The number of phenolic OH excluding ortho intramolecular Hbond substituents is 2. The highest BCUT2D eigenvalue weighted by molar-refractivity contribution is 6.92. The average molecular weight is 1110 g/mol. The Balaban J connectivity index is 1.01. The van der Waals surface area contributed by atoms with Crippen LogP contribution in [0.4, 0.5) is 0 Å². The number of benzene rings is 10. The molecule has 0 saturated heterocycles. The van der Waals surface area contributed by atoms with E-state index in [-0.39, 0.29) is 23.6 Å². The van der Waals surface area contributed by atoms with Crippen LogP contribution in [-0.2, 0) is 0 Å². The molecule has 0 radical (unpaired) electrons. The molecule has 10 heteroatoms. The van der Waals surface area contributed by atoms with Gasteiger partial charge in [-0.2, -0.15) is 0 Å². The van der Waals surface area contributed by atoms with Crippen LogP contribution in [0.3, 0.4) is 0 Å². The summed E-state index contributed by atoms with van der Waals surface area (Å²) in [6.07, 6.45) is 7.36. The second-order valence-corrected chi connectivity index (χ2v) is 34.0. The molecule has 0 amide bonds. The first-order chi connectivity index (χ1) is 36.5. The zero-order valence-corrected chi connectivity index (χ0v) is 48.5. The van der Waals surface area contributed by atoms with E-state index in [1.54, 1.807) is 0 Å². The molecule has 1 saturated carbocycles. The summed E-state index contributed by atoms with van der Waals surface area (Å²) in [5.74, 6) is 0.287. The zero-order chi connectivity index (χ0) is 53.2. The molecule has 10 aromatic rings. The van der Waals surface area contributed by atoms with E-state index in [1.165, 1.54) is 0 Å². The number of halogens is 4. The summed E-state index contributed by atoms with van der Waals surface area (Å²) in [5, 5.41) is 38.1. The molecule has 0 bridgehead atoms. The van der Waals surface area contributed by atoms with Gasteiger partial charge in [-0.1, -0.05) is 220 Å². The minimum atomic E-state index is -1.87. The van der Waals surface area contributed by atoms with Crippen LogP contribution < -0.4 is 10.4 Å². The lowest BCUT2D eigenvalue weighted by atomic mass is 9.86. The Morgan fingerprint density at radius 3 is 1.07 bits per heavy atom. The van der Waals surface area contributed by atoms with E-state index in [2.05, 4.69) is 112 Å². The minimum absolute atomic E-state index is 0.143. The number of rotatable bonds is 10. The van der Waals surface area contributed by atoms with Gasteiger partial charge in [0, 0.05) is 65.9 Å². The largest absolute Gasteiger partial charge is 0.507 e. The van der Waals surface area contributed by atoms with Crippen molar-refractivity contribution in [2.45, 2.75) is 77.0 Å². The van der Waals surface area contributed by atoms with Gasteiger partial charge in [-0.25, -0.2) is 0 Å². The van der Waals surface area contributed by atoms with Crippen molar-refractivity contribution in [2.24, 2.45) is 9.98 Å². The van der Waals surface area contributed by atoms with Crippen molar-refractivity contribution in [1.29, 1.82) is 0 Å². The van der Waals surface area contributed by atoms with Crippen molar-refractivity contribution in [3.05, 3.63) is 189 Å². The van der Waals surface area contributed by atoms with E-state index >= 15 is 0 Å². The van der Waals surface area contributed by atoms with Gasteiger partial charge in [0.05, 0.1) is 28.2 Å². The smallest absolute Gasteiger partial charge is 0.132 e. The van der Waals surface area contributed by atoms with Crippen LogP contribution >= 0.6 is 46.4 Å². The van der Waals surface area contributed by atoms with E-state index in [0.717, 1.165) is 124 Å². The molecule has 380 valence electrons. The van der Waals surface area contributed by atoms with Crippen molar-refractivity contribution in [3.8, 4) is 56.0 Å². The van der Waals surface area contributed by atoms with E-state index in [0.29, 0.717) is 31.2 Å². The lowest BCUT2D eigenvalue weighted by Gasteiger charge is -2.26. The molecule has 0 aliphatic heterocycles. The number of hydrogen-bond donors (Lipinski definition) is 2. The summed E-state index contributed by atoms with van der Waals surface area (Å²) in [6, 6.07) is 53.3. The normalized spacial score (nSPS) is 15.6. The van der Waals surface area contributed by atoms with Crippen LogP contribution in [-0.4, -0.2) is 50.9 Å². The van der Waals surface area contributed by atoms with Crippen molar-refractivity contribution >= 4 is 128 Å². The Labute approximate surface area is 467 Å². The highest BCUT2D eigenvalue weighted by Crippen LogP contribution is 2.49. The average Bonchev–Trinajstić information content (AvgIpc) is 3.48. The molecule has 2 N–H and O–H groups in total. The fourth-order valence-electron chi connectivity index (χ4n) is 11.7. The van der Waals surface area contributed by atoms with E-state index in [1.807, 2.05) is 97.4 Å². The summed E-state index contributed by atoms with van der Waals surface area (Å²) in [4.78, 5) is 10.6. The van der Waals surface area contributed by atoms with Crippen molar-refractivity contribution < 1.29 is 10.2 Å². The highest BCUT2D eigenvalue weighted by Gasteiger charge is 2.29. The van der Waals surface area contributed by atoms with Gasteiger partial charge in [0.2, 0.25) is 0 Å². The van der Waals surface area contributed by atoms with Crippen LogP contribution in [0.5, 0.6) is 11.5 Å². The van der Waals surface area contributed by atoms with Crippen LogP contribution in [0.25, 0.3) is 87.6 Å². The predicted molar refractivity (Wildman–Crippen MR) is 335 cm³/mol. The first-order valence-corrected chi connectivity index (χ1v) is 34.6. The predicted octanol–water partition coefficient (Wildman–Crippen LogP) is 18.9. The van der Waals surface area contributed by atoms with Crippen molar-refractivity contribution in [1.82, 2.24) is 0 Å². The second kappa shape index (κ2) is 20.6. The van der Waals surface area contributed by atoms with Gasteiger partial charge in [-0.3, -0.25) is 9.98 Å². The summed E-state index contributed by atoms with van der Waals surface area (Å²) in [6.45, 7) is 13.5. The molecular weight excluding hydrogens is 1050 g/mol. The molecule has 1 aliphatic rings. The summed E-state index contributed by atoms with van der Waals surface area (Å²) in [7, 11) is -3.75. The Kier molecular flexibility index (Phi) is 14.1. The van der Waals surface area contributed by atoms with Gasteiger partial charge < -0.3 is 10.2 Å². The minimum Gasteiger partial charge on any atom is -0.507 e. The monoisotopic (exact) mass is 1110 g/mol. The first-order valence-electron chi connectivity index (χ1n) is 26.1. The summed E-state index contributed by atoms with van der Waals surface area (Å²) < 4.78 is 0. The standard InChI is InChI=1S/C66H58Cl4N2O2Si2/c1-75(2,3)65-53(67)33-43(34-54(65)68)51-29-27-39-17-7-11-21-47(39)59(51)61-49-23-13-9-19-41(49)31-45(63(61)73)37-71-57-25-15-16-26-58(57)72-38-46-32-42-20-10-14-24-50(42)62(64(46)74)60-48-22-12-8-18-40(48)28-30-52(60)44-35-55(69)66(56(70)36-44)76(4,5)6/h7-14,17-24,27-38,57-58,73-74H,15-16,25-26H2,1-6H3/t57-,58-/m1/s1. The third kappa shape index (κ3) is 9.67. The Bertz CT molecular complexity index is 3720. The number of aromatic hydroxyl groups is 2. The number of aliphatic imine (C=N–C) groups is 2. The molecule has 76 heavy (non-hydrogen) atoms. The molecule has 1 fully saturated rings. The quantitative estimate of drug-likeness (QED) is 0.106. The maximum Gasteiger partial charge on any atom is 0.132 e. The molecule has 0 heterocycles. The van der Waals surface area contributed by atoms with Crippen LogP contribution in [0.2, 0.25) is 59.4 Å². The summed E-state index contributed by atoms with van der Waals surface area (Å²) >= 11 is 28.4. The van der Waals surface area contributed by atoms with E-state index < -0.39 is 16.1 Å². The SMILES string of the molecule is C[Si](C)(C)c1c(Cl)cc(-c2ccc3ccccc3c2-c2c(O)c(C=N[C@@H]3CCCC[C@H]3N=Cc3cc4ccccc4c(-c4c(-c5cc(Cl)c([Si](C)(C)C)c(Cl)c5)ccc5ccccc45)c3O)cc3ccccc23)cc1Cl. The number of phenols is 2. The van der Waals surface area contributed by atoms with Gasteiger partial charge in [0.25, 0.3) is 0 Å². The van der Waals surface area contributed by atoms with E-state index in [4.69, 9.17) is 56.4 Å². The van der Waals surface area contributed by atoms with Crippen LogP contribution in [0.1, 0.15) is 36.8 Å². The number of fused-ring (bicyclic) bond motifs is 4. The van der Waals surface area contributed by atoms with Crippen molar-refractivity contribution in [3.63, 3.8) is 0 Å². The molecule has 0 unspecified atom stereocenters. The zero-order valence-electron chi connectivity index (χ0n) is 43.4. The fraction of sp³-hybridized carbons (Fsp3) is 0.182. The lowest BCUT2D eigenvalue weighted by Crippen LogP contribution is -2.39. The first kappa shape index (κ1) is 51.9. The second-order valence-electron chi connectivity index (χ2n) is 22.3. The lowest BCUT2D eigenvalue weighted by molar-refractivity contribution is 0.390. The molecule has 0 spiro atoms. The highest BCUT2D eigenvalue weighted by atomic mass is 35.5. The van der Waals surface area contributed by atoms with Gasteiger partial charge in [0.15, 0.2) is 0 Å². The summed E-state index contributed by atoms with van der Waals surface area (Å²) in [5.41, 5.74) is 8.07. The van der Waals surface area contributed by atoms with Gasteiger partial charge in [0.1, 0.15) is 11.5 Å². The Hall–Kier alpha value is -6.23. The van der Waals surface area contributed by atoms with E-state index in [9.17, 15) is 10.2 Å². The molecule has 1 aliphatic carbocycles. The molecule has 0 aromatic heterocycles. The number of hydrogen-bond acceptors (Lipinski definition) is 4. The molecular formula is C66H58Cl4N2O2Si2. The third-order valence-electron chi connectivity index (χ3n) is 15.2. The van der Waals surface area contributed by atoms with Gasteiger partial charge in [-0.05, 0) is 125 Å².